The number of hydrogen-bond acceptors (Lipinski definition) is 4. The van der Waals surface area contributed by atoms with Crippen molar-refractivity contribution in [3.63, 3.8) is 0 Å². The number of carboxylic acid groups (broad SMARTS) is 1. The number of aromatic nitrogens is 3. The van der Waals surface area contributed by atoms with E-state index in [4.69, 9.17) is 11.6 Å². The molecule has 0 aliphatic rings. The van der Waals surface area contributed by atoms with E-state index in [1.165, 1.54) is 0 Å². The second-order valence-electron chi connectivity index (χ2n) is 5.40. The van der Waals surface area contributed by atoms with Crippen molar-refractivity contribution in [1.82, 2.24) is 15.2 Å². The Morgan fingerprint density at radius 2 is 2.00 bits per heavy atom. The van der Waals surface area contributed by atoms with Gasteiger partial charge in [0.15, 0.2) is 5.82 Å². The molecule has 0 bridgehead atoms. The molecule has 1 aromatic heterocycles. The maximum Gasteiger partial charge on any atom is 0.342 e. The first-order chi connectivity index (χ1) is 12.4. The number of aromatic amines is 1. The minimum atomic E-state index is -1.04. The molecule has 0 amide bonds. The molecule has 0 saturated heterocycles. The zero-order valence-electron chi connectivity index (χ0n) is 13.5. The summed E-state index contributed by atoms with van der Waals surface area (Å²) < 4.78 is 0.920. The minimum Gasteiger partial charge on any atom is -0.477 e. The van der Waals surface area contributed by atoms with E-state index in [9.17, 15) is 9.90 Å². The van der Waals surface area contributed by atoms with Crippen LogP contribution in [0, 0.1) is 6.92 Å². The summed E-state index contributed by atoms with van der Waals surface area (Å²) in [7, 11) is 0. The molecule has 0 fully saturated rings. The highest BCUT2D eigenvalue weighted by Crippen LogP contribution is 2.28. The molecule has 0 unspecified atom stereocenters. The molecule has 0 aliphatic heterocycles. The van der Waals surface area contributed by atoms with Crippen LogP contribution in [0.15, 0.2) is 57.0 Å². The molecule has 0 radical (unpaired) electrons. The van der Waals surface area contributed by atoms with Crippen LogP contribution in [0.5, 0.6) is 0 Å². The number of nitrogens with zero attached hydrogens (tertiary/aromatic N) is 2. The fourth-order valence-electron chi connectivity index (χ4n) is 2.11. The number of thioether (sulfide) groups is 1. The van der Waals surface area contributed by atoms with Gasteiger partial charge in [0, 0.05) is 15.1 Å². The Morgan fingerprint density at radius 3 is 2.65 bits per heavy atom. The van der Waals surface area contributed by atoms with Crippen LogP contribution in [0.3, 0.4) is 0 Å². The standard InChI is InChI=1S/C18H13BrClN3O2S/c1-10-2-3-11(8-14(10)19)9-15(17(24)25)26-18-21-16(22-23-18)12-4-6-13(20)7-5-12/h2-9H,1H3,(H,24,25)(H,21,22,23)/b15-9-. The maximum absolute atomic E-state index is 11.6. The molecule has 2 aromatic carbocycles. The molecular weight excluding hydrogens is 438 g/mol. The lowest BCUT2D eigenvalue weighted by atomic mass is 10.1. The van der Waals surface area contributed by atoms with Gasteiger partial charge in [-0.2, -0.15) is 0 Å². The summed E-state index contributed by atoms with van der Waals surface area (Å²) >= 11 is 10.3. The van der Waals surface area contributed by atoms with E-state index in [0.717, 1.165) is 32.9 Å². The van der Waals surface area contributed by atoms with Gasteiger partial charge in [0.2, 0.25) is 5.16 Å². The van der Waals surface area contributed by atoms with Gasteiger partial charge >= 0.3 is 5.97 Å². The summed E-state index contributed by atoms with van der Waals surface area (Å²) in [5.41, 5.74) is 2.67. The number of aryl methyl sites for hydroxylation is 1. The third kappa shape index (κ3) is 4.55. The number of carboxylic acids is 1. The van der Waals surface area contributed by atoms with Crippen LogP contribution in [0.1, 0.15) is 11.1 Å². The van der Waals surface area contributed by atoms with E-state index in [2.05, 4.69) is 31.1 Å². The van der Waals surface area contributed by atoms with Crippen LogP contribution < -0.4 is 0 Å². The zero-order valence-corrected chi connectivity index (χ0v) is 16.7. The van der Waals surface area contributed by atoms with Crippen LogP contribution in [0.2, 0.25) is 5.02 Å². The van der Waals surface area contributed by atoms with Crippen molar-refractivity contribution in [2.24, 2.45) is 0 Å². The Morgan fingerprint density at radius 1 is 1.27 bits per heavy atom. The summed E-state index contributed by atoms with van der Waals surface area (Å²) in [5.74, 6) is -0.489. The summed E-state index contributed by atoms with van der Waals surface area (Å²) in [6.45, 7) is 1.97. The van der Waals surface area contributed by atoms with Crippen molar-refractivity contribution < 1.29 is 9.90 Å². The summed E-state index contributed by atoms with van der Waals surface area (Å²) in [4.78, 5) is 16.1. The molecule has 0 saturated carbocycles. The fraction of sp³-hybridized carbons (Fsp3) is 0.0556. The number of halogens is 2. The third-order valence-corrected chi connectivity index (χ3v) is 5.47. The van der Waals surface area contributed by atoms with E-state index in [1.807, 2.05) is 37.3 Å². The molecule has 8 heteroatoms. The molecule has 132 valence electrons. The monoisotopic (exact) mass is 449 g/mol. The van der Waals surface area contributed by atoms with Crippen LogP contribution in [0.25, 0.3) is 17.5 Å². The quantitative estimate of drug-likeness (QED) is 0.401. The number of rotatable bonds is 5. The van der Waals surface area contributed by atoms with Crippen molar-refractivity contribution in [2.45, 2.75) is 12.1 Å². The topological polar surface area (TPSA) is 78.9 Å². The molecule has 2 N–H and O–H groups in total. The first-order valence-corrected chi connectivity index (χ1v) is 9.48. The first-order valence-electron chi connectivity index (χ1n) is 7.50. The zero-order chi connectivity index (χ0) is 18.7. The first kappa shape index (κ1) is 18.7. The van der Waals surface area contributed by atoms with E-state index in [1.54, 1.807) is 18.2 Å². The van der Waals surface area contributed by atoms with Gasteiger partial charge in [-0.05, 0) is 66.2 Å². The Balaban J connectivity index is 1.84. The molecule has 0 atom stereocenters. The Kier molecular flexibility index (Phi) is 5.80. The highest BCUT2D eigenvalue weighted by molar-refractivity contribution is 9.10. The normalized spacial score (nSPS) is 11.6. The number of benzene rings is 2. The van der Waals surface area contributed by atoms with Crippen LogP contribution in [0.4, 0.5) is 0 Å². The lowest BCUT2D eigenvalue weighted by Crippen LogP contribution is -1.97. The Labute approximate surface area is 167 Å². The van der Waals surface area contributed by atoms with Gasteiger partial charge in [0.1, 0.15) is 4.91 Å². The minimum absolute atomic E-state index is 0.127. The lowest BCUT2D eigenvalue weighted by Gasteiger charge is -2.02. The molecule has 0 spiro atoms. The fourth-order valence-corrected chi connectivity index (χ4v) is 3.34. The SMILES string of the molecule is Cc1ccc(/C=C(\Sc2n[nH]c(-c3ccc(Cl)cc3)n2)C(=O)O)cc1Br. The van der Waals surface area contributed by atoms with Crippen LogP contribution >= 0.6 is 39.3 Å². The van der Waals surface area contributed by atoms with Crippen molar-refractivity contribution in [3.8, 4) is 11.4 Å². The number of nitrogens with one attached hydrogen (secondary N) is 1. The average Bonchev–Trinajstić information content (AvgIpc) is 3.06. The largest absolute Gasteiger partial charge is 0.477 e. The van der Waals surface area contributed by atoms with Crippen LogP contribution in [-0.4, -0.2) is 26.3 Å². The van der Waals surface area contributed by atoms with E-state index in [-0.39, 0.29) is 4.91 Å². The van der Waals surface area contributed by atoms with Gasteiger partial charge in [-0.15, -0.1) is 5.10 Å². The summed E-state index contributed by atoms with van der Waals surface area (Å²) in [6, 6.07) is 12.8. The summed E-state index contributed by atoms with van der Waals surface area (Å²) in [6.07, 6.45) is 1.59. The van der Waals surface area contributed by atoms with E-state index >= 15 is 0 Å². The Hall–Kier alpha value is -2.09. The molecular formula is C18H13BrClN3O2S. The molecule has 3 rings (SSSR count). The molecule has 3 aromatic rings. The predicted octanol–water partition coefficient (Wildman–Crippen LogP) is 5.41. The number of H-pyrrole nitrogens is 1. The number of hydrogen-bond donors (Lipinski definition) is 2. The number of aliphatic carboxylic acids is 1. The molecule has 5 nitrogen and oxygen atoms in total. The van der Waals surface area contributed by atoms with E-state index in [0.29, 0.717) is 16.0 Å². The van der Waals surface area contributed by atoms with Crippen molar-refractivity contribution in [3.05, 3.63) is 68.0 Å². The predicted molar refractivity (Wildman–Crippen MR) is 107 cm³/mol. The van der Waals surface area contributed by atoms with Gasteiger partial charge in [-0.25, -0.2) is 9.78 Å². The lowest BCUT2D eigenvalue weighted by molar-refractivity contribution is -0.131. The maximum atomic E-state index is 11.6. The second kappa shape index (κ2) is 8.07. The van der Waals surface area contributed by atoms with Gasteiger partial charge in [-0.1, -0.05) is 39.7 Å². The Bertz CT molecular complexity index is 986. The van der Waals surface area contributed by atoms with Crippen LogP contribution in [-0.2, 0) is 4.79 Å². The summed E-state index contributed by atoms with van der Waals surface area (Å²) in [5, 5.41) is 17.4. The average molecular weight is 451 g/mol. The van der Waals surface area contributed by atoms with Gasteiger partial charge < -0.3 is 5.11 Å². The third-order valence-electron chi connectivity index (χ3n) is 3.49. The number of carbonyl (C=O) groups is 1. The highest BCUT2D eigenvalue weighted by Gasteiger charge is 2.14. The molecule has 0 aliphatic carbocycles. The van der Waals surface area contributed by atoms with E-state index < -0.39 is 5.97 Å². The van der Waals surface area contributed by atoms with Crippen molar-refractivity contribution in [1.29, 1.82) is 0 Å². The molecule has 1 heterocycles. The van der Waals surface area contributed by atoms with Gasteiger partial charge in [0.05, 0.1) is 0 Å². The van der Waals surface area contributed by atoms with Gasteiger partial charge in [0.25, 0.3) is 0 Å². The highest BCUT2D eigenvalue weighted by atomic mass is 79.9. The van der Waals surface area contributed by atoms with Crippen molar-refractivity contribution in [2.75, 3.05) is 0 Å². The van der Waals surface area contributed by atoms with Gasteiger partial charge in [-0.3, -0.25) is 5.10 Å². The smallest absolute Gasteiger partial charge is 0.342 e. The second-order valence-corrected chi connectivity index (χ2v) is 7.70. The van der Waals surface area contributed by atoms with Crippen molar-refractivity contribution >= 4 is 51.3 Å². The molecule has 26 heavy (non-hydrogen) atoms.